The second-order valence-corrected chi connectivity index (χ2v) is 5.16. The highest BCUT2D eigenvalue weighted by molar-refractivity contribution is 5.47. The van der Waals surface area contributed by atoms with Gasteiger partial charge in [0.2, 0.25) is 0 Å². The molecule has 0 saturated heterocycles. The van der Waals surface area contributed by atoms with E-state index in [0.29, 0.717) is 0 Å². The van der Waals surface area contributed by atoms with Gasteiger partial charge in [0.05, 0.1) is 0 Å². The van der Waals surface area contributed by atoms with Crippen molar-refractivity contribution in [1.29, 1.82) is 0 Å². The molecule has 0 spiro atoms. The summed E-state index contributed by atoms with van der Waals surface area (Å²) in [5.41, 5.74) is 1.24. The van der Waals surface area contributed by atoms with Crippen molar-refractivity contribution in [3.8, 4) is 0 Å². The number of benzene rings is 1. The van der Waals surface area contributed by atoms with Gasteiger partial charge < -0.3 is 10.6 Å². The predicted octanol–water partition coefficient (Wildman–Crippen LogP) is 4.00. The summed E-state index contributed by atoms with van der Waals surface area (Å²) >= 11 is 0. The van der Waals surface area contributed by atoms with Crippen LogP contribution in [-0.4, -0.2) is 16.5 Å². The highest BCUT2D eigenvalue weighted by Gasteiger charge is 2.01. The third kappa shape index (κ3) is 5.42. The van der Waals surface area contributed by atoms with E-state index in [2.05, 4.69) is 39.7 Å². The lowest BCUT2D eigenvalue weighted by Crippen LogP contribution is -2.08. The van der Waals surface area contributed by atoms with Crippen LogP contribution in [0.3, 0.4) is 0 Å². The summed E-state index contributed by atoms with van der Waals surface area (Å²) < 4.78 is 0. The topological polar surface area (TPSA) is 49.8 Å². The first kappa shape index (κ1) is 15.3. The minimum atomic E-state index is 0.770. The van der Waals surface area contributed by atoms with Crippen LogP contribution in [0.1, 0.15) is 37.6 Å². The Morgan fingerprint density at radius 2 is 1.67 bits per heavy atom. The smallest absolute Gasteiger partial charge is 0.132 e. The van der Waals surface area contributed by atoms with Crippen molar-refractivity contribution in [1.82, 2.24) is 9.97 Å². The van der Waals surface area contributed by atoms with E-state index in [0.717, 1.165) is 30.5 Å². The van der Waals surface area contributed by atoms with Crippen LogP contribution in [-0.2, 0) is 6.54 Å². The molecule has 1 heterocycles. The first-order chi connectivity index (χ1) is 10.3. The molecule has 112 valence electrons. The summed E-state index contributed by atoms with van der Waals surface area (Å²) in [5.74, 6) is 2.55. The van der Waals surface area contributed by atoms with Crippen molar-refractivity contribution in [2.75, 3.05) is 17.2 Å². The van der Waals surface area contributed by atoms with E-state index in [1.807, 2.05) is 31.2 Å². The summed E-state index contributed by atoms with van der Waals surface area (Å²) in [6.45, 7) is 5.86. The Kier molecular flexibility index (Phi) is 6.00. The number of aryl methyl sites for hydroxylation is 1. The molecule has 21 heavy (non-hydrogen) atoms. The molecule has 0 amide bonds. The molecule has 1 aromatic carbocycles. The van der Waals surface area contributed by atoms with Crippen molar-refractivity contribution in [3.05, 3.63) is 47.8 Å². The van der Waals surface area contributed by atoms with Crippen molar-refractivity contribution < 1.29 is 0 Å². The van der Waals surface area contributed by atoms with Gasteiger partial charge in [0, 0.05) is 19.2 Å². The number of aromatic nitrogens is 2. The van der Waals surface area contributed by atoms with E-state index < -0.39 is 0 Å². The normalized spacial score (nSPS) is 10.4. The molecular formula is C17H24N4. The van der Waals surface area contributed by atoms with E-state index in [1.54, 1.807) is 0 Å². The molecule has 0 aliphatic heterocycles. The molecule has 0 atom stereocenters. The average Bonchev–Trinajstić information content (AvgIpc) is 2.50. The summed E-state index contributed by atoms with van der Waals surface area (Å²) in [7, 11) is 0. The molecular weight excluding hydrogens is 260 g/mol. The van der Waals surface area contributed by atoms with E-state index in [-0.39, 0.29) is 0 Å². The second kappa shape index (κ2) is 8.25. The van der Waals surface area contributed by atoms with E-state index in [9.17, 15) is 0 Å². The summed E-state index contributed by atoms with van der Waals surface area (Å²) in [4.78, 5) is 8.86. The first-order valence-electron chi connectivity index (χ1n) is 7.65. The molecule has 0 aliphatic rings. The Hall–Kier alpha value is -2.10. The van der Waals surface area contributed by atoms with E-state index >= 15 is 0 Å². The molecule has 2 aromatic rings. The zero-order chi connectivity index (χ0) is 14.9. The largest absolute Gasteiger partial charge is 0.370 e. The SMILES string of the molecule is CCCCCNc1cc(NCc2ccccc2)nc(C)n1. The second-order valence-electron chi connectivity index (χ2n) is 5.16. The maximum atomic E-state index is 4.43. The molecule has 0 aliphatic carbocycles. The van der Waals surface area contributed by atoms with Gasteiger partial charge in [0.1, 0.15) is 17.5 Å². The van der Waals surface area contributed by atoms with Crippen molar-refractivity contribution in [2.24, 2.45) is 0 Å². The summed E-state index contributed by atoms with van der Waals surface area (Å²) in [6, 6.07) is 12.3. The highest BCUT2D eigenvalue weighted by atomic mass is 15.1. The Morgan fingerprint density at radius 1 is 0.952 bits per heavy atom. The molecule has 0 radical (unpaired) electrons. The number of hydrogen-bond donors (Lipinski definition) is 2. The van der Waals surface area contributed by atoms with Crippen LogP contribution in [0.4, 0.5) is 11.6 Å². The van der Waals surface area contributed by atoms with Gasteiger partial charge in [0.15, 0.2) is 0 Å². The van der Waals surface area contributed by atoms with Crippen LogP contribution in [0.5, 0.6) is 0 Å². The monoisotopic (exact) mass is 284 g/mol. The fourth-order valence-electron chi connectivity index (χ4n) is 2.13. The van der Waals surface area contributed by atoms with Crippen LogP contribution >= 0.6 is 0 Å². The molecule has 0 unspecified atom stereocenters. The summed E-state index contributed by atoms with van der Waals surface area (Å²) in [5, 5.41) is 6.72. The average molecular weight is 284 g/mol. The quantitative estimate of drug-likeness (QED) is 0.719. The van der Waals surface area contributed by atoms with Crippen LogP contribution in [0.2, 0.25) is 0 Å². The van der Waals surface area contributed by atoms with Crippen LogP contribution < -0.4 is 10.6 Å². The third-order valence-electron chi connectivity index (χ3n) is 3.24. The first-order valence-corrected chi connectivity index (χ1v) is 7.65. The van der Waals surface area contributed by atoms with Crippen molar-refractivity contribution >= 4 is 11.6 Å². The Labute approximate surface area is 127 Å². The zero-order valence-corrected chi connectivity index (χ0v) is 12.9. The van der Waals surface area contributed by atoms with Crippen molar-refractivity contribution in [3.63, 3.8) is 0 Å². The maximum absolute atomic E-state index is 4.43. The Bertz CT molecular complexity index is 540. The number of hydrogen-bond acceptors (Lipinski definition) is 4. The van der Waals surface area contributed by atoms with Crippen LogP contribution in [0.25, 0.3) is 0 Å². The molecule has 2 N–H and O–H groups in total. The van der Waals surface area contributed by atoms with Gasteiger partial charge in [0.25, 0.3) is 0 Å². The van der Waals surface area contributed by atoms with E-state index in [4.69, 9.17) is 0 Å². The number of anilines is 2. The minimum Gasteiger partial charge on any atom is -0.370 e. The molecule has 2 rings (SSSR count). The van der Waals surface area contributed by atoms with E-state index in [1.165, 1.54) is 24.8 Å². The molecule has 4 nitrogen and oxygen atoms in total. The van der Waals surface area contributed by atoms with Gasteiger partial charge in [-0.2, -0.15) is 0 Å². The Morgan fingerprint density at radius 3 is 2.38 bits per heavy atom. The number of unbranched alkanes of at least 4 members (excludes halogenated alkanes) is 2. The standard InChI is InChI=1S/C17H24N4/c1-3-4-8-11-18-16-12-17(21-14(2)20-16)19-13-15-9-6-5-7-10-15/h5-7,9-10,12H,3-4,8,11,13H2,1-2H3,(H2,18,19,20,21). The van der Waals surface area contributed by atoms with Crippen LogP contribution in [0, 0.1) is 6.92 Å². The summed E-state index contributed by atoms with van der Waals surface area (Å²) in [6.07, 6.45) is 3.65. The fraction of sp³-hybridized carbons (Fsp3) is 0.412. The molecule has 0 saturated carbocycles. The van der Waals surface area contributed by atoms with Gasteiger partial charge in [-0.3, -0.25) is 0 Å². The fourth-order valence-corrected chi connectivity index (χ4v) is 2.13. The molecule has 0 bridgehead atoms. The predicted molar refractivity (Wildman–Crippen MR) is 88.6 cm³/mol. The lowest BCUT2D eigenvalue weighted by atomic mass is 10.2. The van der Waals surface area contributed by atoms with Gasteiger partial charge in [-0.1, -0.05) is 50.1 Å². The lowest BCUT2D eigenvalue weighted by Gasteiger charge is -2.10. The van der Waals surface area contributed by atoms with Gasteiger partial charge >= 0.3 is 0 Å². The van der Waals surface area contributed by atoms with Gasteiger partial charge in [-0.05, 0) is 18.9 Å². The Balaban J connectivity index is 1.91. The van der Waals surface area contributed by atoms with Crippen LogP contribution in [0.15, 0.2) is 36.4 Å². The molecule has 1 aromatic heterocycles. The van der Waals surface area contributed by atoms with Gasteiger partial charge in [-0.25, -0.2) is 9.97 Å². The number of nitrogens with zero attached hydrogens (tertiary/aromatic N) is 2. The minimum absolute atomic E-state index is 0.770. The molecule has 4 heteroatoms. The van der Waals surface area contributed by atoms with Gasteiger partial charge in [-0.15, -0.1) is 0 Å². The van der Waals surface area contributed by atoms with Crippen molar-refractivity contribution in [2.45, 2.75) is 39.7 Å². The lowest BCUT2D eigenvalue weighted by molar-refractivity contribution is 0.742. The zero-order valence-electron chi connectivity index (χ0n) is 12.9. The molecule has 0 fully saturated rings. The maximum Gasteiger partial charge on any atom is 0.132 e. The number of rotatable bonds is 8. The number of nitrogens with one attached hydrogen (secondary N) is 2. The third-order valence-corrected chi connectivity index (χ3v) is 3.24. The highest BCUT2D eigenvalue weighted by Crippen LogP contribution is 2.12.